The summed E-state index contributed by atoms with van der Waals surface area (Å²) < 4.78 is 5.78. The monoisotopic (exact) mass is 368 g/mol. The van der Waals surface area contributed by atoms with Crippen LogP contribution in [0.4, 0.5) is 5.69 Å². The predicted octanol–water partition coefficient (Wildman–Crippen LogP) is 3.62. The van der Waals surface area contributed by atoms with E-state index >= 15 is 0 Å². The Morgan fingerprint density at radius 2 is 2.10 bits per heavy atom. The average Bonchev–Trinajstić information content (AvgIpc) is 2.47. The zero-order valence-electron chi connectivity index (χ0n) is 11.3. The molecule has 0 aliphatic carbocycles. The van der Waals surface area contributed by atoms with Gasteiger partial charge in [-0.2, -0.15) is 0 Å². The molecule has 0 saturated heterocycles. The van der Waals surface area contributed by atoms with Crippen molar-refractivity contribution >= 4 is 39.1 Å². The molecule has 0 aromatic heterocycles. The number of nitrogens with two attached hydrogens (primary N) is 1. The van der Waals surface area contributed by atoms with Gasteiger partial charge in [0.25, 0.3) is 5.91 Å². The minimum atomic E-state index is -0.209. The van der Waals surface area contributed by atoms with Crippen molar-refractivity contribution in [3.8, 4) is 5.75 Å². The Hall–Kier alpha value is -1.72. The van der Waals surface area contributed by atoms with E-state index in [1.165, 1.54) is 0 Å². The maximum atomic E-state index is 12.1. The molecule has 0 heterocycles. The number of carbonyl (C=O) groups is 1. The molecule has 2 aromatic rings. The first kappa shape index (κ1) is 15.7. The third-order valence-electron chi connectivity index (χ3n) is 2.92. The topological polar surface area (TPSA) is 64.3 Å². The van der Waals surface area contributed by atoms with Gasteiger partial charge >= 0.3 is 0 Å². The third-order valence-corrected chi connectivity index (χ3v) is 3.85. The highest BCUT2D eigenvalue weighted by Crippen LogP contribution is 2.23. The summed E-state index contributed by atoms with van der Waals surface area (Å²) in [5.74, 6) is 0.404. The molecular weight excluding hydrogens is 356 g/mol. The van der Waals surface area contributed by atoms with Gasteiger partial charge < -0.3 is 15.8 Å². The van der Waals surface area contributed by atoms with Gasteiger partial charge in [0.2, 0.25) is 0 Å². The predicted molar refractivity (Wildman–Crippen MR) is 87.7 cm³/mol. The van der Waals surface area contributed by atoms with Crippen molar-refractivity contribution in [3.63, 3.8) is 0 Å². The molecule has 0 fully saturated rings. The van der Waals surface area contributed by atoms with Gasteiger partial charge in [0.1, 0.15) is 5.75 Å². The Kier molecular flexibility index (Phi) is 5.09. The van der Waals surface area contributed by atoms with Crippen molar-refractivity contribution in [3.05, 3.63) is 57.0 Å². The molecule has 0 unspecified atom stereocenters. The van der Waals surface area contributed by atoms with Gasteiger partial charge in [-0.1, -0.05) is 17.7 Å². The Morgan fingerprint density at radius 1 is 1.33 bits per heavy atom. The quantitative estimate of drug-likeness (QED) is 0.809. The van der Waals surface area contributed by atoms with Gasteiger partial charge in [0.05, 0.1) is 18.4 Å². The van der Waals surface area contributed by atoms with E-state index in [0.29, 0.717) is 33.0 Å². The van der Waals surface area contributed by atoms with E-state index in [4.69, 9.17) is 22.1 Å². The molecule has 0 bridgehead atoms. The lowest BCUT2D eigenvalue weighted by molar-refractivity contribution is 0.0950. The van der Waals surface area contributed by atoms with Crippen LogP contribution in [-0.2, 0) is 6.54 Å². The number of nitrogen functional groups attached to an aromatic ring is 1. The third kappa shape index (κ3) is 3.89. The van der Waals surface area contributed by atoms with Crippen LogP contribution < -0.4 is 15.8 Å². The van der Waals surface area contributed by atoms with Gasteiger partial charge in [-0.25, -0.2) is 0 Å². The van der Waals surface area contributed by atoms with Gasteiger partial charge in [0.15, 0.2) is 0 Å². The number of anilines is 1. The van der Waals surface area contributed by atoms with Crippen LogP contribution in [0.1, 0.15) is 15.9 Å². The van der Waals surface area contributed by atoms with Crippen LogP contribution in [0.15, 0.2) is 40.9 Å². The highest BCUT2D eigenvalue weighted by atomic mass is 79.9. The summed E-state index contributed by atoms with van der Waals surface area (Å²) in [7, 11) is 1.56. The van der Waals surface area contributed by atoms with Crippen molar-refractivity contribution in [2.75, 3.05) is 12.8 Å². The highest BCUT2D eigenvalue weighted by Gasteiger charge is 2.10. The summed E-state index contributed by atoms with van der Waals surface area (Å²) in [5, 5.41) is 3.34. The first-order valence-corrected chi connectivity index (χ1v) is 7.34. The summed E-state index contributed by atoms with van der Waals surface area (Å²) in [6.45, 7) is 0.367. The standard InChI is InChI=1S/C15H14BrClN2O2/c1-21-14-5-2-9(6-13(14)18)8-19-15(20)11-7-10(17)3-4-12(11)16/h2-7H,8,18H2,1H3,(H,19,20). The van der Waals surface area contributed by atoms with Crippen molar-refractivity contribution in [2.24, 2.45) is 0 Å². The number of ether oxygens (including phenoxy) is 1. The lowest BCUT2D eigenvalue weighted by Crippen LogP contribution is -2.23. The molecule has 0 spiro atoms. The normalized spacial score (nSPS) is 10.2. The zero-order chi connectivity index (χ0) is 15.4. The van der Waals surface area contributed by atoms with Crippen molar-refractivity contribution in [1.29, 1.82) is 0 Å². The number of nitrogens with one attached hydrogen (secondary N) is 1. The molecule has 2 aromatic carbocycles. The van der Waals surface area contributed by atoms with E-state index in [2.05, 4.69) is 21.2 Å². The molecule has 0 atom stereocenters. The maximum absolute atomic E-state index is 12.1. The molecule has 3 N–H and O–H groups in total. The highest BCUT2D eigenvalue weighted by molar-refractivity contribution is 9.10. The summed E-state index contributed by atoms with van der Waals surface area (Å²) in [6, 6.07) is 10.5. The number of rotatable bonds is 4. The van der Waals surface area contributed by atoms with Crippen LogP contribution >= 0.6 is 27.5 Å². The van der Waals surface area contributed by atoms with Crippen molar-refractivity contribution < 1.29 is 9.53 Å². The fraction of sp³-hybridized carbons (Fsp3) is 0.133. The lowest BCUT2D eigenvalue weighted by Gasteiger charge is -2.09. The van der Waals surface area contributed by atoms with Gasteiger partial charge in [0, 0.05) is 16.0 Å². The second kappa shape index (κ2) is 6.83. The molecule has 4 nitrogen and oxygen atoms in total. The lowest BCUT2D eigenvalue weighted by atomic mass is 10.1. The van der Waals surface area contributed by atoms with Crippen LogP contribution in [0.5, 0.6) is 5.75 Å². The van der Waals surface area contributed by atoms with Gasteiger partial charge in [-0.3, -0.25) is 4.79 Å². The Balaban J connectivity index is 2.07. The number of halogens is 2. The zero-order valence-corrected chi connectivity index (χ0v) is 13.7. The summed E-state index contributed by atoms with van der Waals surface area (Å²) in [5.41, 5.74) is 7.74. The van der Waals surface area contributed by atoms with E-state index in [1.807, 2.05) is 6.07 Å². The van der Waals surface area contributed by atoms with Crippen molar-refractivity contribution in [2.45, 2.75) is 6.54 Å². The van der Waals surface area contributed by atoms with Crippen LogP contribution in [0.3, 0.4) is 0 Å². The first-order valence-electron chi connectivity index (χ1n) is 6.17. The minimum absolute atomic E-state index is 0.209. The average molecular weight is 370 g/mol. The SMILES string of the molecule is COc1ccc(CNC(=O)c2cc(Cl)ccc2Br)cc1N. The van der Waals surface area contributed by atoms with E-state index in [0.717, 1.165) is 5.56 Å². The largest absolute Gasteiger partial charge is 0.495 e. The van der Waals surface area contributed by atoms with Crippen LogP contribution in [0.25, 0.3) is 0 Å². The Morgan fingerprint density at radius 3 is 2.76 bits per heavy atom. The molecule has 0 radical (unpaired) electrons. The fourth-order valence-corrected chi connectivity index (χ4v) is 2.44. The summed E-state index contributed by atoms with van der Waals surface area (Å²) >= 11 is 9.23. The molecule has 110 valence electrons. The second-order valence-electron chi connectivity index (χ2n) is 4.38. The van der Waals surface area contributed by atoms with E-state index < -0.39 is 0 Å². The minimum Gasteiger partial charge on any atom is -0.495 e. The number of amides is 1. The summed E-state index contributed by atoms with van der Waals surface area (Å²) in [6.07, 6.45) is 0. The number of methoxy groups -OCH3 is 1. The number of benzene rings is 2. The van der Waals surface area contributed by atoms with Crippen LogP contribution in [0, 0.1) is 0 Å². The van der Waals surface area contributed by atoms with Crippen LogP contribution in [-0.4, -0.2) is 13.0 Å². The molecule has 0 aliphatic rings. The van der Waals surface area contributed by atoms with Crippen LogP contribution in [0.2, 0.25) is 5.02 Å². The number of hydrogen-bond acceptors (Lipinski definition) is 3. The second-order valence-corrected chi connectivity index (χ2v) is 5.67. The molecule has 1 amide bonds. The van der Waals surface area contributed by atoms with Gasteiger partial charge in [-0.05, 0) is 51.8 Å². The molecule has 0 aliphatic heterocycles. The Labute approximate surface area is 136 Å². The van der Waals surface area contributed by atoms with E-state index in [9.17, 15) is 4.79 Å². The number of hydrogen-bond donors (Lipinski definition) is 2. The molecular formula is C15H14BrClN2O2. The van der Waals surface area contributed by atoms with Gasteiger partial charge in [-0.15, -0.1) is 0 Å². The summed E-state index contributed by atoms with van der Waals surface area (Å²) in [4.78, 5) is 12.1. The van der Waals surface area contributed by atoms with Crippen molar-refractivity contribution in [1.82, 2.24) is 5.32 Å². The molecule has 6 heteroatoms. The van der Waals surface area contributed by atoms with E-state index in [-0.39, 0.29) is 5.91 Å². The van der Waals surface area contributed by atoms with E-state index in [1.54, 1.807) is 37.4 Å². The fourth-order valence-electron chi connectivity index (χ4n) is 1.84. The number of carbonyl (C=O) groups excluding carboxylic acids is 1. The Bertz CT molecular complexity index is 677. The molecule has 2 rings (SSSR count). The maximum Gasteiger partial charge on any atom is 0.252 e. The molecule has 0 saturated carbocycles. The first-order chi connectivity index (χ1) is 10.0. The smallest absolute Gasteiger partial charge is 0.252 e. The molecule has 21 heavy (non-hydrogen) atoms.